The summed E-state index contributed by atoms with van der Waals surface area (Å²) >= 11 is 7.87. The lowest BCUT2D eigenvalue weighted by molar-refractivity contribution is -0.384. The van der Waals surface area contributed by atoms with E-state index in [0.717, 1.165) is 77.7 Å². The number of amides is 4. The average Bonchev–Trinajstić information content (AvgIpc) is 1.40. The van der Waals surface area contributed by atoms with Gasteiger partial charge >= 0.3 is 0 Å². The number of hydrogen-bond donors (Lipinski definition) is 6. The van der Waals surface area contributed by atoms with Gasteiger partial charge in [0.15, 0.2) is 0 Å². The zero-order valence-corrected chi connectivity index (χ0v) is 64.8. The van der Waals surface area contributed by atoms with Crippen LogP contribution >= 0.6 is 22.9 Å². The smallest absolute Gasteiger partial charge is 0.293 e. The number of carbonyl (C=O) groups excluding carboxylic acids is 4. The first-order chi connectivity index (χ1) is 51.8. The molecule has 0 bridgehead atoms. The Labute approximate surface area is 639 Å². The summed E-state index contributed by atoms with van der Waals surface area (Å²) < 4.78 is 64.8. The monoisotopic (exact) mass is 1540 g/mol. The summed E-state index contributed by atoms with van der Waals surface area (Å²) in [6.07, 6.45) is 4.63. The molecule has 0 saturated carbocycles. The van der Waals surface area contributed by atoms with E-state index in [9.17, 15) is 42.8 Å². The summed E-state index contributed by atoms with van der Waals surface area (Å²) in [6, 6.07) is 26.4. The average molecular weight is 1540 g/mol. The Morgan fingerprint density at radius 1 is 0.833 bits per heavy atom. The van der Waals surface area contributed by atoms with Gasteiger partial charge in [-0.3, -0.25) is 34.2 Å². The number of likely N-dealkylation sites (tertiary alicyclic amines) is 1. The number of aliphatic hydroxyl groups excluding tert-OH is 1. The van der Waals surface area contributed by atoms with Crippen LogP contribution in [0.15, 0.2) is 119 Å². The molecule has 2 fully saturated rings. The van der Waals surface area contributed by atoms with Crippen LogP contribution in [-0.4, -0.2) is 210 Å². The van der Waals surface area contributed by atoms with E-state index in [1.807, 2.05) is 100 Å². The number of halogens is 1. The van der Waals surface area contributed by atoms with Crippen LogP contribution in [0.3, 0.4) is 0 Å². The fourth-order valence-corrected chi connectivity index (χ4v) is 15.8. The van der Waals surface area contributed by atoms with Gasteiger partial charge in [0.05, 0.1) is 122 Å². The third-order valence-electron chi connectivity index (χ3n) is 19.9. The molecule has 4 atom stereocenters. The Balaban J connectivity index is 0.579. The second-order valence-electron chi connectivity index (χ2n) is 29.5. The highest BCUT2D eigenvalue weighted by Crippen LogP contribution is 2.45. The van der Waals surface area contributed by atoms with Crippen LogP contribution in [0, 0.1) is 27.9 Å². The number of hydrogen-bond acceptors (Lipinski definition) is 22. The lowest BCUT2D eigenvalue weighted by Gasteiger charge is -2.39. The number of ether oxygens (including phenoxy) is 6. The van der Waals surface area contributed by atoms with E-state index in [1.54, 1.807) is 29.1 Å². The molecular formula is C78H99ClN12O15S2. The molecule has 0 unspecified atom stereocenters. The topological polar surface area (TPSA) is 324 Å². The number of β-amino-alcohol motifs (C(OH)–C–C–N with tert-alkyl or cyclic N) is 1. The molecule has 108 heavy (non-hydrogen) atoms. The van der Waals surface area contributed by atoms with Crippen LogP contribution in [-0.2, 0) is 48.1 Å². The Kier molecular flexibility index (Phi) is 27.3. The lowest BCUT2D eigenvalue weighted by Crippen LogP contribution is -2.58. The number of aromatic amines is 1. The minimum absolute atomic E-state index is 0.0198. The largest absolute Gasteiger partial charge is 0.476 e. The number of aliphatic hydroxyl groups is 1. The molecule has 4 aromatic carbocycles. The zero-order chi connectivity index (χ0) is 76.7. The van der Waals surface area contributed by atoms with Gasteiger partial charge in [-0.25, -0.2) is 18.1 Å². The predicted molar refractivity (Wildman–Crippen MR) is 416 cm³/mol. The molecule has 4 aliphatic rings. The van der Waals surface area contributed by atoms with E-state index in [1.165, 1.54) is 33.7 Å². The van der Waals surface area contributed by atoms with Gasteiger partial charge in [-0.2, -0.15) is 4.98 Å². The van der Waals surface area contributed by atoms with E-state index in [0.29, 0.717) is 73.8 Å². The third-order valence-corrected chi connectivity index (χ3v) is 22.4. The van der Waals surface area contributed by atoms with E-state index in [2.05, 4.69) is 66.4 Å². The van der Waals surface area contributed by atoms with Gasteiger partial charge in [0.2, 0.25) is 23.6 Å². The van der Waals surface area contributed by atoms with Crippen molar-refractivity contribution >= 4 is 102 Å². The quantitative estimate of drug-likeness (QED) is 0.0124. The predicted octanol–water partition coefficient (Wildman–Crippen LogP) is 10.6. The van der Waals surface area contributed by atoms with Crippen molar-refractivity contribution in [3.05, 3.63) is 152 Å². The molecule has 2 saturated heterocycles. The summed E-state index contributed by atoms with van der Waals surface area (Å²) in [5, 5.41) is 33.5. The number of pyridine rings is 1. The van der Waals surface area contributed by atoms with Crippen LogP contribution in [0.4, 0.5) is 28.4 Å². The van der Waals surface area contributed by atoms with Crippen molar-refractivity contribution < 1.29 is 66.0 Å². The molecule has 6 N–H and O–H groups in total. The first-order valence-electron chi connectivity index (χ1n) is 36.8. The standard InChI is InChI=1S/C78H99ClN12O15S2/c1-51(53-9-11-55(12-10-53)70-52(2)82-50-107-70)83-74(95)67-45-60(92)49-90(67)76(96)71(77(3,4)5)84-69(93)23-33-101-35-37-103-39-41-105-42-40-104-38-36-102-34-26-80-64-20-18-61(46-66(64)91(97)98)108(99,100)86-73(94)62-19-17-59(44-65(62)89-27-8-32-106-75-68(89)43-56-22-25-81-72(56)85-75)88-30-28-87(29-31-88)48-57-21-24-78(6,7)47-63(57)54-13-15-58(79)16-14-54/h9-20,22,25,43-44,46,50-51,60,67,71,80,92H,8,21,23-24,26-42,45,47-49H2,1-7H3,(H,81,85)(H,83,95)(H,84,93)(H,86,94)/t51-,60+,67-,71+/m0/s1. The van der Waals surface area contributed by atoms with Gasteiger partial charge in [0.25, 0.3) is 21.6 Å². The number of piperazine rings is 1. The summed E-state index contributed by atoms with van der Waals surface area (Å²) in [7, 11) is -4.68. The minimum atomic E-state index is -4.68. The molecule has 6 heterocycles. The van der Waals surface area contributed by atoms with Gasteiger partial charge in [-0.05, 0) is 127 Å². The van der Waals surface area contributed by atoms with Gasteiger partial charge in [-0.1, -0.05) is 88.2 Å². The fourth-order valence-electron chi connectivity index (χ4n) is 13.9. The number of carbonyl (C=O) groups is 4. The Hall–Kier alpha value is -8.62. The molecule has 3 aromatic heterocycles. The highest BCUT2D eigenvalue weighted by molar-refractivity contribution is 7.90. The zero-order valence-electron chi connectivity index (χ0n) is 62.4. The summed E-state index contributed by atoms with van der Waals surface area (Å²) in [5.41, 5.74) is 10.3. The number of aromatic nitrogens is 3. The van der Waals surface area contributed by atoms with E-state index < -0.39 is 66.9 Å². The van der Waals surface area contributed by atoms with E-state index in [4.69, 9.17) is 45.0 Å². The number of thiazole rings is 1. The van der Waals surface area contributed by atoms with E-state index >= 15 is 0 Å². The summed E-state index contributed by atoms with van der Waals surface area (Å²) in [4.78, 5) is 88.3. The molecule has 0 radical (unpaired) electrons. The number of nitro groups is 1. The van der Waals surface area contributed by atoms with Crippen molar-refractivity contribution in [2.75, 3.05) is 140 Å². The van der Waals surface area contributed by atoms with Crippen molar-refractivity contribution in [2.24, 2.45) is 10.8 Å². The molecule has 11 rings (SSSR count). The number of allylic oxidation sites excluding steroid dienone is 1. The number of rotatable bonds is 34. The van der Waals surface area contributed by atoms with Crippen molar-refractivity contribution in [1.29, 1.82) is 0 Å². The fraction of sp³-hybridized carbons (Fsp3) is 0.487. The maximum absolute atomic E-state index is 14.6. The second kappa shape index (κ2) is 36.7. The van der Waals surface area contributed by atoms with Gasteiger partial charge in [0, 0.05) is 93.6 Å². The molecule has 580 valence electrons. The van der Waals surface area contributed by atoms with Crippen molar-refractivity contribution in [2.45, 2.75) is 116 Å². The highest BCUT2D eigenvalue weighted by atomic mass is 35.5. The molecule has 0 spiro atoms. The molecule has 27 nitrogen and oxygen atoms in total. The SMILES string of the molecule is Cc1ncsc1-c1ccc([C@H](C)NC(=O)[C@@H]2C[C@@H](O)CN2C(=O)[C@@H](NC(=O)CCOCCOCCOCCOCCOCCNc2ccc(S(=O)(=O)NC(=O)c3ccc(N4CCN(CC5=C(c6ccc(Cl)cc6)CC(C)(C)CC5)CC4)cc3N3CCCOc4nc5[nH]ccc5cc43)cc2[N+](=O)[O-])C(C)(C)C)cc1. The number of nitrogens with zero attached hydrogens (tertiary/aromatic N) is 7. The van der Waals surface area contributed by atoms with Crippen LogP contribution in [0.5, 0.6) is 5.88 Å². The van der Waals surface area contributed by atoms with Crippen LogP contribution in [0.2, 0.25) is 5.02 Å². The number of aryl methyl sites for hydroxylation is 1. The molecule has 7 aromatic rings. The van der Waals surface area contributed by atoms with Crippen LogP contribution in [0.25, 0.3) is 27.0 Å². The normalized spacial score (nSPS) is 17.6. The van der Waals surface area contributed by atoms with Gasteiger partial charge < -0.3 is 69.2 Å². The van der Waals surface area contributed by atoms with Gasteiger partial charge in [-0.15, -0.1) is 11.3 Å². The van der Waals surface area contributed by atoms with E-state index in [-0.39, 0.29) is 107 Å². The molecule has 1 aliphatic carbocycles. The maximum atomic E-state index is 14.6. The van der Waals surface area contributed by atoms with Crippen LogP contribution < -0.4 is 35.2 Å². The minimum Gasteiger partial charge on any atom is -0.476 e. The molecular weight excluding hydrogens is 1440 g/mol. The second-order valence-corrected chi connectivity index (χ2v) is 32.4. The first kappa shape index (κ1) is 80.4. The number of H-pyrrole nitrogens is 1. The van der Waals surface area contributed by atoms with Crippen molar-refractivity contribution in [3.8, 4) is 16.3 Å². The number of fused-ring (bicyclic) bond motifs is 2. The Morgan fingerprint density at radius 2 is 1.51 bits per heavy atom. The lowest BCUT2D eigenvalue weighted by atomic mass is 9.72. The maximum Gasteiger partial charge on any atom is 0.293 e. The number of nitrogens with one attached hydrogen (secondary N) is 5. The number of benzene rings is 4. The number of sulfonamides is 1. The number of nitro benzene ring substituents is 1. The Morgan fingerprint density at radius 3 is 2.18 bits per heavy atom. The molecule has 30 heteroatoms. The number of anilines is 4. The first-order valence-corrected chi connectivity index (χ1v) is 39.6. The summed E-state index contributed by atoms with van der Waals surface area (Å²) in [5.74, 6) is -1.81. The van der Waals surface area contributed by atoms with Crippen LogP contribution in [0.1, 0.15) is 113 Å². The molecule has 4 amide bonds. The van der Waals surface area contributed by atoms with Gasteiger partial charge in [0.1, 0.15) is 29.1 Å². The van der Waals surface area contributed by atoms with Crippen molar-refractivity contribution in [1.82, 2.24) is 40.1 Å². The summed E-state index contributed by atoms with van der Waals surface area (Å²) in [6.45, 7) is 21.0. The van der Waals surface area contributed by atoms with Crippen molar-refractivity contribution in [3.63, 3.8) is 0 Å². The highest BCUT2D eigenvalue weighted by Gasteiger charge is 2.45. The molecule has 3 aliphatic heterocycles. The Bertz CT molecular complexity index is 4430. The third kappa shape index (κ3) is 21.0.